The van der Waals surface area contributed by atoms with Gasteiger partial charge in [0.05, 0.1) is 0 Å². The summed E-state index contributed by atoms with van der Waals surface area (Å²) in [5, 5.41) is 0. The topological polar surface area (TPSA) is 167 Å². The Morgan fingerprint density at radius 2 is 1.09 bits per heavy atom. The molecule has 0 amide bonds. The van der Waals surface area contributed by atoms with Gasteiger partial charge in [-0.3, -0.25) is 0 Å². The fourth-order valence-electron chi connectivity index (χ4n) is 0. The Morgan fingerprint density at radius 1 is 1.09 bits per heavy atom. The average Bonchev–Trinajstić information content (AvgIpc) is 1.19. The Labute approximate surface area is 83.0 Å². The Balaban J connectivity index is -0.0000000383. The third kappa shape index (κ3) is 921. The molecule has 7 N–H and O–H groups in total. The predicted octanol–water partition coefficient (Wildman–Crippen LogP) is -2.48. The summed E-state index contributed by atoms with van der Waals surface area (Å²) in [6.45, 7) is 0. The Hall–Kier alpha value is 0.981. The normalized spacial score (nSPS) is 7.64. The predicted molar refractivity (Wildman–Crippen MR) is 31.4 cm³/mol. The number of hydrogen-bond acceptors (Lipinski definition) is 4. The van der Waals surface area contributed by atoms with Crippen LogP contribution in [0, 0.1) is 0 Å². The van der Waals surface area contributed by atoms with Crippen LogP contribution in [0.4, 0.5) is 0 Å². The van der Waals surface area contributed by atoms with Crippen LogP contribution in [-0.4, -0.2) is 41.8 Å². The first-order valence-corrected chi connectivity index (χ1v) is 4.68. The van der Waals surface area contributed by atoms with Gasteiger partial charge in [0.15, 0.2) is 0 Å². The van der Waals surface area contributed by atoms with Crippen molar-refractivity contribution in [3.8, 4) is 0 Å². The molecule has 0 saturated carbocycles. The third-order valence-corrected chi connectivity index (χ3v) is 0. The minimum absolute atomic E-state index is 0. The zero-order chi connectivity index (χ0) is 8.08. The van der Waals surface area contributed by atoms with Crippen molar-refractivity contribution in [3.63, 3.8) is 0 Å². The van der Waals surface area contributed by atoms with Gasteiger partial charge in [0.25, 0.3) is 0 Å². The summed E-state index contributed by atoms with van der Waals surface area (Å²) in [5.74, 6) is 0. The molecule has 0 unspecified atom stereocenters. The summed E-state index contributed by atoms with van der Waals surface area (Å²) in [5.41, 5.74) is 0. The fourth-order valence-corrected chi connectivity index (χ4v) is 0. The quantitative estimate of drug-likeness (QED) is 0.229. The summed E-state index contributed by atoms with van der Waals surface area (Å²) < 4.78 is 33.3. The van der Waals surface area contributed by atoms with Gasteiger partial charge >= 0.3 is 57.7 Å². The summed E-state index contributed by atoms with van der Waals surface area (Å²) in [6.07, 6.45) is 0. The SMILES string of the molecule is N.O=P(O)(O)O.[MgH2].[O]=[V](=[O])[OH]. The second-order valence-corrected chi connectivity index (χ2v) is 2.52. The van der Waals surface area contributed by atoms with Crippen molar-refractivity contribution in [2.45, 2.75) is 0 Å². The fraction of sp³-hybridized carbons (Fsp3) is 0. The van der Waals surface area contributed by atoms with Crippen LogP contribution in [0.5, 0.6) is 0 Å². The van der Waals surface area contributed by atoms with Gasteiger partial charge in [0, 0.05) is 0 Å². The summed E-state index contributed by atoms with van der Waals surface area (Å²) in [7, 11) is -4.64. The van der Waals surface area contributed by atoms with Crippen LogP contribution < -0.4 is 6.15 Å². The molecular formula is H9MgNO7PV. The first kappa shape index (κ1) is 22.7. The van der Waals surface area contributed by atoms with Crippen LogP contribution in [0.1, 0.15) is 0 Å². The molecule has 11 heteroatoms. The number of hydrogen-bond donors (Lipinski definition) is 5. The van der Waals surface area contributed by atoms with E-state index in [4.69, 9.17) is 30.6 Å². The zero-order valence-corrected chi connectivity index (χ0v) is 6.91. The maximum absolute atomic E-state index is 8.88. The molecule has 0 bridgehead atoms. The maximum atomic E-state index is 8.88. The molecule has 0 aliphatic carbocycles. The summed E-state index contributed by atoms with van der Waals surface area (Å²) in [4.78, 5) is 21.6. The van der Waals surface area contributed by atoms with E-state index in [0.717, 1.165) is 0 Å². The van der Waals surface area contributed by atoms with Gasteiger partial charge in [0.2, 0.25) is 0 Å². The molecule has 0 aromatic rings. The van der Waals surface area contributed by atoms with Crippen molar-refractivity contribution in [3.05, 3.63) is 0 Å². The standard InChI is InChI=1S/Mg.H3N.H3O4P.H2O.2O.V.2H/c;;1-5(2,3)4;;;;;;/h;1H3;(H3,1,2,3,4);1H2;;;;;/q;;;;;;+1;;/p-1. The van der Waals surface area contributed by atoms with Gasteiger partial charge in [-0.25, -0.2) is 4.57 Å². The molecule has 0 spiro atoms. The molecule has 0 atom stereocenters. The molecule has 0 aliphatic heterocycles. The molecule has 0 radical (unpaired) electrons. The second-order valence-electron chi connectivity index (χ2n) is 0.751. The van der Waals surface area contributed by atoms with Gasteiger partial charge in [-0.2, -0.15) is 0 Å². The van der Waals surface area contributed by atoms with Crippen LogP contribution in [0.2, 0.25) is 0 Å². The van der Waals surface area contributed by atoms with Gasteiger partial charge in [-0.15, -0.1) is 0 Å². The van der Waals surface area contributed by atoms with Crippen LogP contribution >= 0.6 is 7.82 Å². The molecule has 0 heterocycles. The molecule has 0 saturated heterocycles. The van der Waals surface area contributed by atoms with Crippen molar-refractivity contribution in [1.82, 2.24) is 6.15 Å². The molecule has 68 valence electrons. The van der Waals surface area contributed by atoms with Crippen molar-refractivity contribution >= 4 is 30.9 Å². The third-order valence-electron chi connectivity index (χ3n) is 0. The first-order chi connectivity index (χ1) is 3.73. The van der Waals surface area contributed by atoms with E-state index < -0.39 is 23.2 Å². The van der Waals surface area contributed by atoms with Crippen LogP contribution in [0.15, 0.2) is 0 Å². The minimum atomic E-state index is -4.64. The molecule has 11 heavy (non-hydrogen) atoms. The van der Waals surface area contributed by atoms with E-state index in [2.05, 4.69) is 0 Å². The van der Waals surface area contributed by atoms with Gasteiger partial charge in [-0.1, -0.05) is 0 Å². The van der Waals surface area contributed by atoms with E-state index in [1.54, 1.807) is 0 Å². The van der Waals surface area contributed by atoms with Gasteiger partial charge < -0.3 is 20.8 Å². The van der Waals surface area contributed by atoms with Gasteiger partial charge in [0.1, 0.15) is 0 Å². The van der Waals surface area contributed by atoms with Crippen LogP contribution in [0.3, 0.4) is 0 Å². The number of rotatable bonds is 0. The van der Waals surface area contributed by atoms with E-state index in [1.165, 1.54) is 0 Å². The van der Waals surface area contributed by atoms with Crippen molar-refractivity contribution in [1.29, 1.82) is 0 Å². The van der Waals surface area contributed by atoms with E-state index in [0.29, 0.717) is 0 Å². The Morgan fingerprint density at radius 3 is 1.09 bits per heavy atom. The van der Waals surface area contributed by atoms with Crippen molar-refractivity contribution in [2.75, 3.05) is 0 Å². The van der Waals surface area contributed by atoms with Crippen molar-refractivity contribution < 1.29 is 46.0 Å². The van der Waals surface area contributed by atoms with Crippen LogP contribution in [-0.2, 0) is 27.3 Å². The molecule has 0 fully saturated rings. The van der Waals surface area contributed by atoms with E-state index in [-0.39, 0.29) is 29.2 Å². The molecule has 0 aliphatic rings. The zero-order valence-electron chi connectivity index (χ0n) is 4.62. The molecule has 0 aromatic carbocycles. The Kier molecular flexibility index (Phi) is 22.6. The second kappa shape index (κ2) is 11.0. The van der Waals surface area contributed by atoms with E-state index in [1.807, 2.05) is 0 Å². The molecule has 8 nitrogen and oxygen atoms in total. The molecule has 0 rings (SSSR count). The molecular weight excluding hydrogens is 232 g/mol. The average molecular weight is 241 g/mol. The van der Waals surface area contributed by atoms with E-state index >= 15 is 0 Å². The summed E-state index contributed by atoms with van der Waals surface area (Å²) in [6, 6.07) is 0. The summed E-state index contributed by atoms with van der Waals surface area (Å²) >= 11 is -3.69. The van der Waals surface area contributed by atoms with E-state index in [9.17, 15) is 0 Å². The number of phosphoric acid groups is 1. The Bertz CT molecular complexity index is 153. The van der Waals surface area contributed by atoms with Crippen LogP contribution in [0.25, 0.3) is 0 Å². The van der Waals surface area contributed by atoms with Gasteiger partial charge in [-0.05, 0) is 0 Å². The molecule has 0 aromatic heterocycles. The van der Waals surface area contributed by atoms with Crippen molar-refractivity contribution in [2.24, 2.45) is 0 Å². The first-order valence-electron chi connectivity index (χ1n) is 1.35. The monoisotopic (exact) mass is 241 g/mol.